The standard InChI is InChI=1S/C13H13BrN2O2/c1-16-9-5-2-4-8(10(9)11(14)15-16)13(12(17)18)6-3-7-13/h2,4-5H,3,6-7H2,1H3,(H,17,18). The number of hydrogen-bond acceptors (Lipinski definition) is 2. The molecule has 18 heavy (non-hydrogen) atoms. The molecule has 1 fully saturated rings. The Bertz CT molecular complexity index is 644. The van der Waals surface area contributed by atoms with Gasteiger partial charge in [0.25, 0.3) is 0 Å². The summed E-state index contributed by atoms with van der Waals surface area (Å²) in [5.41, 5.74) is 1.14. The van der Waals surface area contributed by atoms with E-state index in [0.717, 1.165) is 27.5 Å². The molecule has 1 N–H and O–H groups in total. The first-order valence-corrected chi connectivity index (χ1v) is 6.71. The zero-order chi connectivity index (χ0) is 12.9. The van der Waals surface area contributed by atoms with E-state index >= 15 is 0 Å². The number of halogens is 1. The van der Waals surface area contributed by atoms with Gasteiger partial charge in [0.15, 0.2) is 0 Å². The second-order valence-corrected chi connectivity index (χ2v) is 5.61. The first-order chi connectivity index (χ1) is 8.56. The van der Waals surface area contributed by atoms with Crippen LogP contribution in [0, 0.1) is 0 Å². The van der Waals surface area contributed by atoms with E-state index in [9.17, 15) is 9.90 Å². The zero-order valence-corrected chi connectivity index (χ0v) is 11.6. The molecule has 4 nitrogen and oxygen atoms in total. The number of nitrogens with zero attached hydrogens (tertiary/aromatic N) is 2. The molecule has 0 aliphatic heterocycles. The van der Waals surface area contributed by atoms with Gasteiger partial charge in [-0.1, -0.05) is 18.6 Å². The van der Waals surface area contributed by atoms with Crippen molar-refractivity contribution in [3.63, 3.8) is 0 Å². The van der Waals surface area contributed by atoms with Crippen LogP contribution in [-0.2, 0) is 17.3 Å². The quantitative estimate of drug-likeness (QED) is 0.928. The summed E-state index contributed by atoms with van der Waals surface area (Å²) in [5.74, 6) is -0.725. The molecule has 1 aliphatic carbocycles. The highest BCUT2D eigenvalue weighted by Crippen LogP contribution is 2.47. The smallest absolute Gasteiger partial charge is 0.314 e. The van der Waals surface area contributed by atoms with E-state index in [1.807, 2.05) is 25.2 Å². The molecule has 0 bridgehead atoms. The second kappa shape index (κ2) is 3.82. The molecule has 1 aliphatic rings. The average Bonchev–Trinajstić information content (AvgIpc) is 2.53. The number of fused-ring (bicyclic) bond motifs is 1. The van der Waals surface area contributed by atoms with Crippen molar-refractivity contribution < 1.29 is 9.90 Å². The van der Waals surface area contributed by atoms with Crippen LogP contribution in [0.2, 0.25) is 0 Å². The zero-order valence-electron chi connectivity index (χ0n) is 9.98. The minimum Gasteiger partial charge on any atom is -0.481 e. The molecule has 94 valence electrons. The fourth-order valence-electron chi connectivity index (χ4n) is 2.79. The van der Waals surface area contributed by atoms with E-state index < -0.39 is 11.4 Å². The van der Waals surface area contributed by atoms with E-state index in [1.54, 1.807) is 4.68 Å². The number of carboxylic acid groups (broad SMARTS) is 1. The van der Waals surface area contributed by atoms with Crippen LogP contribution < -0.4 is 0 Å². The Labute approximate surface area is 113 Å². The molecule has 0 amide bonds. The van der Waals surface area contributed by atoms with Gasteiger partial charge in [-0.25, -0.2) is 0 Å². The van der Waals surface area contributed by atoms with Crippen LogP contribution >= 0.6 is 15.9 Å². The van der Waals surface area contributed by atoms with Crippen molar-refractivity contribution in [1.29, 1.82) is 0 Å². The van der Waals surface area contributed by atoms with E-state index in [-0.39, 0.29) is 0 Å². The van der Waals surface area contributed by atoms with Crippen LogP contribution in [0.1, 0.15) is 24.8 Å². The molecule has 0 spiro atoms. The fraction of sp³-hybridized carbons (Fsp3) is 0.385. The summed E-state index contributed by atoms with van der Waals surface area (Å²) in [4.78, 5) is 11.6. The normalized spacial score (nSPS) is 17.7. The van der Waals surface area contributed by atoms with Crippen molar-refractivity contribution in [3.8, 4) is 0 Å². The molecular weight excluding hydrogens is 296 g/mol. The van der Waals surface area contributed by atoms with Gasteiger partial charge in [-0.2, -0.15) is 5.10 Å². The lowest BCUT2D eigenvalue weighted by Gasteiger charge is -2.38. The van der Waals surface area contributed by atoms with Crippen molar-refractivity contribution in [2.75, 3.05) is 0 Å². The van der Waals surface area contributed by atoms with E-state index in [2.05, 4.69) is 21.0 Å². The number of aryl methyl sites for hydroxylation is 1. The second-order valence-electron chi connectivity index (χ2n) is 4.85. The van der Waals surface area contributed by atoms with Gasteiger partial charge in [0, 0.05) is 12.4 Å². The predicted octanol–water partition coefficient (Wildman–Crippen LogP) is 2.84. The summed E-state index contributed by atoms with van der Waals surface area (Å²) in [6, 6.07) is 5.79. The summed E-state index contributed by atoms with van der Waals surface area (Å²) in [6.07, 6.45) is 2.39. The summed E-state index contributed by atoms with van der Waals surface area (Å²) in [5, 5.41) is 14.8. The summed E-state index contributed by atoms with van der Waals surface area (Å²) in [6.45, 7) is 0. The van der Waals surface area contributed by atoms with Crippen molar-refractivity contribution in [1.82, 2.24) is 9.78 Å². The average molecular weight is 309 g/mol. The summed E-state index contributed by atoms with van der Waals surface area (Å²) < 4.78 is 2.50. The van der Waals surface area contributed by atoms with Crippen molar-refractivity contribution >= 4 is 32.8 Å². The first-order valence-electron chi connectivity index (χ1n) is 5.91. The van der Waals surface area contributed by atoms with E-state index in [1.165, 1.54) is 0 Å². The molecule has 1 heterocycles. The minimum atomic E-state index is -0.725. The Kier molecular flexibility index (Phi) is 2.48. The molecule has 1 saturated carbocycles. The van der Waals surface area contributed by atoms with Crippen molar-refractivity contribution in [2.24, 2.45) is 7.05 Å². The number of carbonyl (C=O) groups is 1. The van der Waals surface area contributed by atoms with Gasteiger partial charge in [-0.15, -0.1) is 0 Å². The van der Waals surface area contributed by atoms with Gasteiger partial charge in [0.05, 0.1) is 10.9 Å². The Hall–Kier alpha value is -1.36. The highest BCUT2D eigenvalue weighted by Gasteiger charge is 2.47. The molecule has 0 saturated heterocycles. The van der Waals surface area contributed by atoms with Crippen LogP contribution in [0.4, 0.5) is 0 Å². The molecule has 0 atom stereocenters. The van der Waals surface area contributed by atoms with Crippen molar-refractivity contribution in [3.05, 3.63) is 28.4 Å². The molecule has 0 radical (unpaired) electrons. The third-order valence-corrected chi connectivity index (χ3v) is 4.52. The first kappa shape index (κ1) is 11.7. The lowest BCUT2D eigenvalue weighted by atomic mass is 9.64. The third-order valence-electron chi connectivity index (χ3n) is 3.97. The van der Waals surface area contributed by atoms with Crippen LogP contribution in [0.3, 0.4) is 0 Å². The van der Waals surface area contributed by atoms with E-state index in [4.69, 9.17) is 0 Å². The third kappa shape index (κ3) is 1.37. The number of hydrogen-bond donors (Lipinski definition) is 1. The molecule has 2 aromatic rings. The molecule has 1 aromatic heterocycles. The van der Waals surface area contributed by atoms with Crippen LogP contribution in [0.15, 0.2) is 22.8 Å². The number of carboxylic acids is 1. The monoisotopic (exact) mass is 308 g/mol. The van der Waals surface area contributed by atoms with Gasteiger partial charge in [0.2, 0.25) is 0 Å². The topological polar surface area (TPSA) is 55.1 Å². The SMILES string of the molecule is Cn1nc(Br)c2c(C3(C(=O)O)CCC3)cccc21. The Morgan fingerprint density at radius 2 is 2.22 bits per heavy atom. The van der Waals surface area contributed by atoms with Gasteiger partial charge < -0.3 is 5.11 Å². The van der Waals surface area contributed by atoms with Crippen molar-refractivity contribution in [2.45, 2.75) is 24.7 Å². The Balaban J connectivity index is 2.33. The molecule has 0 unspecified atom stereocenters. The summed E-state index contributed by atoms with van der Waals surface area (Å²) in [7, 11) is 1.87. The summed E-state index contributed by atoms with van der Waals surface area (Å²) >= 11 is 3.44. The van der Waals surface area contributed by atoms with Gasteiger partial charge in [-0.05, 0) is 40.4 Å². The maximum atomic E-state index is 11.6. The maximum absolute atomic E-state index is 11.6. The highest BCUT2D eigenvalue weighted by atomic mass is 79.9. The van der Waals surface area contributed by atoms with Gasteiger partial charge >= 0.3 is 5.97 Å². The van der Waals surface area contributed by atoms with Gasteiger partial charge in [-0.3, -0.25) is 9.48 Å². The number of aromatic nitrogens is 2. The minimum absolute atomic E-state index is 0.711. The Morgan fingerprint density at radius 1 is 1.50 bits per heavy atom. The van der Waals surface area contributed by atoms with Crippen LogP contribution in [0.25, 0.3) is 10.9 Å². The highest BCUT2D eigenvalue weighted by molar-refractivity contribution is 9.10. The molecule has 5 heteroatoms. The maximum Gasteiger partial charge on any atom is 0.314 e. The lowest BCUT2D eigenvalue weighted by molar-refractivity contribution is -0.147. The molecule has 3 rings (SSSR count). The molecule has 1 aromatic carbocycles. The van der Waals surface area contributed by atoms with Gasteiger partial charge in [0.1, 0.15) is 4.60 Å². The fourth-order valence-corrected chi connectivity index (χ4v) is 3.44. The van der Waals surface area contributed by atoms with Crippen LogP contribution in [-0.4, -0.2) is 20.9 Å². The number of rotatable bonds is 2. The largest absolute Gasteiger partial charge is 0.481 e. The van der Waals surface area contributed by atoms with Crippen LogP contribution in [0.5, 0.6) is 0 Å². The number of benzene rings is 1. The van der Waals surface area contributed by atoms with E-state index in [0.29, 0.717) is 12.8 Å². The molecular formula is C13H13BrN2O2. The predicted molar refractivity (Wildman–Crippen MR) is 71.6 cm³/mol. The Morgan fingerprint density at radius 3 is 2.78 bits per heavy atom. The lowest BCUT2D eigenvalue weighted by Crippen LogP contribution is -2.42. The number of aliphatic carboxylic acids is 1.